The Morgan fingerprint density at radius 3 is 3.00 bits per heavy atom. The zero-order chi connectivity index (χ0) is 12.3. The Hall–Kier alpha value is -1.07. The number of aliphatic hydroxyl groups is 1. The number of aliphatic hydroxyl groups excluding tert-OH is 1. The van der Waals surface area contributed by atoms with Crippen molar-refractivity contribution in [3.05, 3.63) is 11.3 Å². The fraction of sp³-hybridized carbons (Fsp3) is 0.636. The van der Waals surface area contributed by atoms with Crippen LogP contribution in [0.2, 0.25) is 5.02 Å². The van der Waals surface area contributed by atoms with E-state index in [1.54, 1.807) is 0 Å². The number of hydrogen-bond donors (Lipinski definition) is 2. The molecule has 17 heavy (non-hydrogen) atoms. The van der Waals surface area contributed by atoms with Gasteiger partial charge in [-0.25, -0.2) is 9.97 Å². The molecule has 94 valence electrons. The summed E-state index contributed by atoms with van der Waals surface area (Å²) in [5.41, 5.74) is 5.68. The highest BCUT2D eigenvalue weighted by atomic mass is 35.5. The minimum atomic E-state index is 0.0734. The first-order chi connectivity index (χ1) is 8.24. The van der Waals surface area contributed by atoms with Crippen molar-refractivity contribution in [1.29, 1.82) is 0 Å². The maximum absolute atomic E-state index is 9.45. The van der Waals surface area contributed by atoms with Crippen LogP contribution in [0.3, 0.4) is 0 Å². The predicted molar refractivity (Wildman–Crippen MR) is 68.1 cm³/mol. The van der Waals surface area contributed by atoms with Gasteiger partial charge in [-0.05, 0) is 12.8 Å². The van der Waals surface area contributed by atoms with Crippen molar-refractivity contribution >= 4 is 23.2 Å². The molecule has 0 spiro atoms. The van der Waals surface area contributed by atoms with E-state index in [1.807, 2.05) is 4.90 Å². The zero-order valence-electron chi connectivity index (χ0n) is 9.64. The van der Waals surface area contributed by atoms with Gasteiger partial charge < -0.3 is 15.7 Å². The zero-order valence-corrected chi connectivity index (χ0v) is 10.4. The van der Waals surface area contributed by atoms with E-state index in [0.29, 0.717) is 10.8 Å². The molecule has 0 aliphatic carbocycles. The van der Waals surface area contributed by atoms with Crippen LogP contribution in [0.1, 0.15) is 25.7 Å². The molecule has 1 saturated heterocycles. The Morgan fingerprint density at radius 1 is 1.41 bits per heavy atom. The van der Waals surface area contributed by atoms with Crippen LogP contribution in [-0.2, 0) is 0 Å². The highest BCUT2D eigenvalue weighted by Gasteiger charge is 2.24. The second-order valence-corrected chi connectivity index (χ2v) is 4.65. The van der Waals surface area contributed by atoms with Crippen LogP contribution in [-0.4, -0.2) is 34.3 Å². The standard InChI is InChI=1S/C11H17ClN4O/c12-9-10(13)14-7-15-11(9)16-5-3-1-2-4-8(16)6-17/h7-8,17H,1-6H2,(H2,13,14,15). The van der Waals surface area contributed by atoms with Crippen LogP contribution in [0.15, 0.2) is 6.33 Å². The predicted octanol–water partition coefficient (Wildman–Crippen LogP) is 1.45. The van der Waals surface area contributed by atoms with E-state index >= 15 is 0 Å². The Bertz CT molecular complexity index is 388. The highest BCUT2D eigenvalue weighted by Crippen LogP contribution is 2.30. The first-order valence-electron chi connectivity index (χ1n) is 5.87. The van der Waals surface area contributed by atoms with Crippen LogP contribution in [0.25, 0.3) is 0 Å². The molecule has 1 aromatic heterocycles. The second-order valence-electron chi connectivity index (χ2n) is 4.28. The summed E-state index contributed by atoms with van der Waals surface area (Å²) in [6, 6.07) is 0.0734. The fourth-order valence-corrected chi connectivity index (χ4v) is 2.43. The van der Waals surface area contributed by atoms with Gasteiger partial charge in [-0.3, -0.25) is 0 Å². The molecule has 0 amide bonds. The second kappa shape index (κ2) is 5.51. The van der Waals surface area contributed by atoms with Crippen molar-refractivity contribution in [3.8, 4) is 0 Å². The lowest BCUT2D eigenvalue weighted by Crippen LogP contribution is -2.38. The van der Waals surface area contributed by atoms with Gasteiger partial charge >= 0.3 is 0 Å². The van der Waals surface area contributed by atoms with Gasteiger partial charge in [0.25, 0.3) is 0 Å². The molecule has 2 heterocycles. The number of aromatic nitrogens is 2. The molecule has 0 aromatic carbocycles. The van der Waals surface area contributed by atoms with Gasteiger partial charge in [-0.1, -0.05) is 24.4 Å². The SMILES string of the molecule is Nc1ncnc(N2CCCCCC2CO)c1Cl. The van der Waals surface area contributed by atoms with Crippen LogP contribution >= 0.6 is 11.6 Å². The normalized spacial score (nSPS) is 21.3. The minimum absolute atomic E-state index is 0.0734. The smallest absolute Gasteiger partial charge is 0.153 e. The van der Waals surface area contributed by atoms with Gasteiger partial charge in [-0.2, -0.15) is 0 Å². The van der Waals surface area contributed by atoms with Gasteiger partial charge in [-0.15, -0.1) is 0 Å². The van der Waals surface area contributed by atoms with Crippen LogP contribution < -0.4 is 10.6 Å². The van der Waals surface area contributed by atoms with Gasteiger partial charge in [0, 0.05) is 6.54 Å². The molecular weight excluding hydrogens is 240 g/mol. The summed E-state index contributed by atoms with van der Waals surface area (Å²) in [5, 5.41) is 9.83. The van der Waals surface area contributed by atoms with Gasteiger partial charge in [0.15, 0.2) is 5.82 Å². The van der Waals surface area contributed by atoms with E-state index in [9.17, 15) is 5.11 Å². The van der Waals surface area contributed by atoms with Crippen LogP contribution in [0.4, 0.5) is 11.6 Å². The number of halogens is 1. The third-order valence-electron chi connectivity index (χ3n) is 3.16. The Morgan fingerprint density at radius 2 is 2.24 bits per heavy atom. The summed E-state index contributed by atoms with van der Waals surface area (Å²) in [4.78, 5) is 10.1. The van der Waals surface area contributed by atoms with Gasteiger partial charge in [0.1, 0.15) is 17.2 Å². The molecule has 2 rings (SSSR count). The molecule has 0 bridgehead atoms. The van der Waals surface area contributed by atoms with Crippen molar-refractivity contribution in [2.75, 3.05) is 23.8 Å². The quantitative estimate of drug-likeness (QED) is 0.838. The highest BCUT2D eigenvalue weighted by molar-refractivity contribution is 6.35. The summed E-state index contributed by atoms with van der Waals surface area (Å²) in [6.45, 7) is 0.960. The number of anilines is 2. The first kappa shape index (κ1) is 12.4. The maximum atomic E-state index is 9.45. The Kier molecular flexibility index (Phi) is 4.02. The molecular formula is C11H17ClN4O. The maximum Gasteiger partial charge on any atom is 0.153 e. The lowest BCUT2D eigenvalue weighted by atomic mass is 10.1. The van der Waals surface area contributed by atoms with Crippen LogP contribution in [0.5, 0.6) is 0 Å². The van der Waals surface area contributed by atoms with Crippen molar-refractivity contribution < 1.29 is 5.11 Å². The molecule has 1 atom stereocenters. The molecule has 1 aliphatic rings. The van der Waals surface area contributed by atoms with Gasteiger partial charge in [0.2, 0.25) is 0 Å². The van der Waals surface area contributed by atoms with E-state index in [-0.39, 0.29) is 18.5 Å². The molecule has 1 aromatic rings. The lowest BCUT2D eigenvalue weighted by Gasteiger charge is -2.30. The van der Waals surface area contributed by atoms with E-state index in [1.165, 1.54) is 12.7 Å². The molecule has 0 saturated carbocycles. The first-order valence-corrected chi connectivity index (χ1v) is 6.25. The molecule has 0 radical (unpaired) electrons. The van der Waals surface area contributed by atoms with Crippen molar-refractivity contribution in [2.24, 2.45) is 0 Å². The number of nitrogens with two attached hydrogens (primary N) is 1. The molecule has 3 N–H and O–H groups in total. The number of nitrogen functional groups attached to an aromatic ring is 1. The average molecular weight is 257 g/mol. The van der Waals surface area contributed by atoms with E-state index < -0.39 is 0 Å². The monoisotopic (exact) mass is 256 g/mol. The van der Waals surface area contributed by atoms with E-state index in [4.69, 9.17) is 17.3 Å². The Balaban J connectivity index is 2.31. The number of rotatable bonds is 2. The average Bonchev–Trinajstić information content (AvgIpc) is 2.57. The number of hydrogen-bond acceptors (Lipinski definition) is 5. The fourth-order valence-electron chi connectivity index (χ4n) is 2.22. The molecule has 1 fully saturated rings. The summed E-state index contributed by atoms with van der Waals surface area (Å²) < 4.78 is 0. The Labute approximate surface area is 106 Å². The van der Waals surface area contributed by atoms with Crippen molar-refractivity contribution in [2.45, 2.75) is 31.7 Å². The summed E-state index contributed by atoms with van der Waals surface area (Å²) in [7, 11) is 0. The molecule has 6 heteroatoms. The minimum Gasteiger partial charge on any atom is -0.394 e. The van der Waals surface area contributed by atoms with E-state index in [0.717, 1.165) is 25.8 Å². The lowest BCUT2D eigenvalue weighted by molar-refractivity contribution is 0.254. The summed E-state index contributed by atoms with van der Waals surface area (Å²) >= 11 is 6.13. The van der Waals surface area contributed by atoms with Crippen LogP contribution in [0, 0.1) is 0 Å². The summed E-state index contributed by atoms with van der Waals surface area (Å²) in [5.74, 6) is 0.928. The third kappa shape index (κ3) is 2.61. The van der Waals surface area contributed by atoms with Crippen molar-refractivity contribution in [1.82, 2.24) is 9.97 Å². The molecule has 5 nitrogen and oxygen atoms in total. The topological polar surface area (TPSA) is 75.3 Å². The van der Waals surface area contributed by atoms with Crippen molar-refractivity contribution in [3.63, 3.8) is 0 Å². The largest absolute Gasteiger partial charge is 0.394 e. The third-order valence-corrected chi connectivity index (χ3v) is 3.52. The molecule has 1 unspecified atom stereocenters. The summed E-state index contributed by atoms with van der Waals surface area (Å²) in [6.07, 6.45) is 5.74. The molecule has 1 aliphatic heterocycles. The van der Waals surface area contributed by atoms with E-state index in [2.05, 4.69) is 9.97 Å². The number of nitrogens with zero attached hydrogens (tertiary/aromatic N) is 3. The van der Waals surface area contributed by atoms with Gasteiger partial charge in [0.05, 0.1) is 12.6 Å².